The molecule has 3 amide bonds. The lowest BCUT2D eigenvalue weighted by Crippen LogP contribution is -2.36. The number of carbonyl (C=O) groups is 4. The van der Waals surface area contributed by atoms with E-state index in [1.807, 2.05) is 5.32 Å². The summed E-state index contributed by atoms with van der Waals surface area (Å²) in [6, 6.07) is 0. The fourth-order valence-electron chi connectivity index (χ4n) is 0.546. The summed E-state index contributed by atoms with van der Waals surface area (Å²) in [5.41, 5.74) is 0. The van der Waals surface area contributed by atoms with Crippen LogP contribution < -0.4 is 10.6 Å². The van der Waals surface area contributed by atoms with Crippen molar-refractivity contribution in [3.63, 3.8) is 0 Å². The van der Waals surface area contributed by atoms with Gasteiger partial charge in [-0.05, 0) is 0 Å². The van der Waals surface area contributed by atoms with Gasteiger partial charge in [-0.3, -0.25) is 19.7 Å². The summed E-state index contributed by atoms with van der Waals surface area (Å²) in [5, 5.41) is 19.5. The second kappa shape index (κ2) is 5.51. The number of aliphatic carboxylic acids is 1. The molecule has 8 nitrogen and oxygen atoms in total. The lowest BCUT2D eigenvalue weighted by Gasteiger charge is -2.00. The molecule has 0 unspecified atom stereocenters. The molecule has 0 fully saturated rings. The van der Waals surface area contributed by atoms with Gasteiger partial charge in [0.1, 0.15) is 13.0 Å². The first-order chi connectivity index (χ1) is 6.41. The molecule has 0 saturated heterocycles. The first-order valence-corrected chi connectivity index (χ1v) is 3.43. The number of carbonyl (C=O) groups excluding carboxylic acids is 2. The molecular weight excluding hydrogens is 196 g/mol. The average Bonchev–Trinajstić information content (AvgIpc) is 1.98. The van der Waals surface area contributed by atoms with Gasteiger partial charge in [-0.15, -0.1) is 0 Å². The van der Waals surface area contributed by atoms with Crippen LogP contribution in [0.2, 0.25) is 0 Å². The van der Waals surface area contributed by atoms with E-state index in [1.54, 1.807) is 0 Å². The number of imide groups is 1. The maximum absolute atomic E-state index is 10.7. The normalized spacial score (nSPS) is 8.86. The minimum Gasteiger partial charge on any atom is -0.480 e. The van der Waals surface area contributed by atoms with E-state index in [1.165, 1.54) is 5.32 Å². The molecule has 0 saturated carbocycles. The van der Waals surface area contributed by atoms with Crippen LogP contribution >= 0.6 is 0 Å². The van der Waals surface area contributed by atoms with Crippen molar-refractivity contribution < 1.29 is 29.4 Å². The number of rotatable bonds is 4. The maximum Gasteiger partial charge on any atom is 0.411 e. The van der Waals surface area contributed by atoms with Gasteiger partial charge in [-0.2, -0.15) is 0 Å². The minimum atomic E-state index is -1.57. The van der Waals surface area contributed by atoms with Crippen LogP contribution in [0.1, 0.15) is 6.42 Å². The van der Waals surface area contributed by atoms with E-state index in [9.17, 15) is 19.2 Å². The number of carboxylic acids is 1. The zero-order valence-electron chi connectivity index (χ0n) is 6.94. The molecule has 0 aromatic heterocycles. The highest BCUT2D eigenvalue weighted by Crippen LogP contribution is 1.80. The highest BCUT2D eigenvalue weighted by atomic mass is 16.4. The third-order valence-electron chi connectivity index (χ3n) is 1.00. The van der Waals surface area contributed by atoms with E-state index in [0.717, 1.165) is 0 Å². The Balaban J connectivity index is 3.77. The first kappa shape index (κ1) is 11.9. The predicted octanol–water partition coefficient (Wildman–Crippen LogP) is -1.63. The summed E-state index contributed by atoms with van der Waals surface area (Å²) in [5.74, 6) is -3.12. The lowest BCUT2D eigenvalue weighted by atomic mass is 10.4. The van der Waals surface area contributed by atoms with E-state index in [0.29, 0.717) is 0 Å². The molecule has 0 spiro atoms. The summed E-state index contributed by atoms with van der Waals surface area (Å²) in [4.78, 5) is 41.2. The molecule has 14 heavy (non-hydrogen) atoms. The Hall–Kier alpha value is -2.12. The highest BCUT2D eigenvalue weighted by Gasteiger charge is 2.11. The van der Waals surface area contributed by atoms with Crippen LogP contribution in [0.5, 0.6) is 0 Å². The van der Waals surface area contributed by atoms with Crippen LogP contribution in [-0.4, -0.2) is 40.6 Å². The molecule has 4 N–H and O–H groups in total. The minimum absolute atomic E-state index is 0.612. The number of nitrogens with one attached hydrogen (secondary N) is 2. The van der Waals surface area contributed by atoms with E-state index in [-0.39, 0.29) is 0 Å². The Kier molecular flexibility index (Phi) is 4.68. The van der Waals surface area contributed by atoms with Crippen molar-refractivity contribution in [1.82, 2.24) is 10.6 Å². The zero-order chi connectivity index (χ0) is 11.1. The van der Waals surface area contributed by atoms with Gasteiger partial charge in [0.2, 0.25) is 11.8 Å². The van der Waals surface area contributed by atoms with Gasteiger partial charge in [-0.1, -0.05) is 0 Å². The molecular formula is C6H8N2O6. The Bertz CT molecular complexity index is 273. The first-order valence-electron chi connectivity index (χ1n) is 3.43. The molecule has 0 heterocycles. The second-order valence-electron chi connectivity index (χ2n) is 2.20. The number of carboxylic acid groups (broad SMARTS) is 2. The number of amides is 3. The van der Waals surface area contributed by atoms with Crippen molar-refractivity contribution in [2.75, 3.05) is 6.54 Å². The van der Waals surface area contributed by atoms with Crippen LogP contribution in [-0.2, 0) is 14.4 Å². The number of hydrogen-bond donors (Lipinski definition) is 4. The van der Waals surface area contributed by atoms with Gasteiger partial charge in [0.25, 0.3) is 0 Å². The molecule has 0 bridgehead atoms. The Morgan fingerprint density at radius 3 is 2.00 bits per heavy atom. The molecule has 0 aliphatic heterocycles. The van der Waals surface area contributed by atoms with Crippen LogP contribution in [0.15, 0.2) is 0 Å². The quantitative estimate of drug-likeness (QED) is 0.406. The van der Waals surface area contributed by atoms with Crippen molar-refractivity contribution in [1.29, 1.82) is 0 Å². The van der Waals surface area contributed by atoms with Gasteiger partial charge in [0.05, 0.1) is 0 Å². The standard InChI is InChI=1S/C6H8N2O6/c9-3(7-2-5(11)12)1-4(10)8-6(13)14/h1-2H2,(H,7,9)(H,8,10)(H,11,12)(H,13,14). The molecule has 0 atom stereocenters. The van der Waals surface area contributed by atoms with Gasteiger partial charge < -0.3 is 15.5 Å². The van der Waals surface area contributed by atoms with Crippen LogP contribution in [0.3, 0.4) is 0 Å². The van der Waals surface area contributed by atoms with Gasteiger partial charge in [0, 0.05) is 0 Å². The monoisotopic (exact) mass is 204 g/mol. The molecule has 8 heteroatoms. The summed E-state index contributed by atoms with van der Waals surface area (Å²) < 4.78 is 0. The summed E-state index contributed by atoms with van der Waals surface area (Å²) in [7, 11) is 0. The van der Waals surface area contributed by atoms with Crippen molar-refractivity contribution >= 4 is 23.9 Å². The largest absolute Gasteiger partial charge is 0.480 e. The van der Waals surface area contributed by atoms with Crippen molar-refractivity contribution in [2.24, 2.45) is 0 Å². The topological polar surface area (TPSA) is 133 Å². The van der Waals surface area contributed by atoms with E-state index >= 15 is 0 Å². The highest BCUT2D eigenvalue weighted by molar-refractivity contribution is 6.02. The fourth-order valence-corrected chi connectivity index (χ4v) is 0.546. The summed E-state index contributed by atoms with van der Waals surface area (Å²) >= 11 is 0. The Morgan fingerprint density at radius 1 is 1.00 bits per heavy atom. The summed E-state index contributed by atoms with van der Waals surface area (Å²) in [6.07, 6.45) is -2.29. The van der Waals surface area contributed by atoms with Crippen molar-refractivity contribution in [2.45, 2.75) is 6.42 Å². The molecule has 0 aliphatic rings. The van der Waals surface area contributed by atoms with Crippen LogP contribution in [0.25, 0.3) is 0 Å². The third-order valence-corrected chi connectivity index (χ3v) is 1.00. The Labute approximate surface area is 77.9 Å². The van der Waals surface area contributed by atoms with Gasteiger partial charge >= 0.3 is 12.1 Å². The lowest BCUT2D eigenvalue weighted by molar-refractivity contribution is -0.138. The average molecular weight is 204 g/mol. The van der Waals surface area contributed by atoms with Gasteiger partial charge in [0.15, 0.2) is 0 Å². The predicted molar refractivity (Wildman–Crippen MR) is 41.4 cm³/mol. The SMILES string of the molecule is O=C(O)CNC(=O)CC(=O)NC(=O)O. The number of hydrogen-bond acceptors (Lipinski definition) is 4. The zero-order valence-corrected chi connectivity index (χ0v) is 6.94. The van der Waals surface area contributed by atoms with Crippen molar-refractivity contribution in [3.8, 4) is 0 Å². The fraction of sp³-hybridized carbons (Fsp3) is 0.333. The summed E-state index contributed by atoms with van der Waals surface area (Å²) in [6.45, 7) is -0.612. The molecule has 78 valence electrons. The smallest absolute Gasteiger partial charge is 0.411 e. The second-order valence-corrected chi connectivity index (χ2v) is 2.20. The van der Waals surface area contributed by atoms with E-state index < -0.39 is 36.8 Å². The molecule has 0 aromatic rings. The molecule has 0 aliphatic carbocycles. The van der Waals surface area contributed by atoms with Gasteiger partial charge in [-0.25, -0.2) is 4.79 Å². The van der Waals surface area contributed by atoms with Crippen LogP contribution in [0.4, 0.5) is 4.79 Å². The van der Waals surface area contributed by atoms with Crippen molar-refractivity contribution in [3.05, 3.63) is 0 Å². The molecule has 0 radical (unpaired) electrons. The van der Waals surface area contributed by atoms with E-state index in [4.69, 9.17) is 10.2 Å². The Morgan fingerprint density at radius 2 is 1.57 bits per heavy atom. The van der Waals surface area contributed by atoms with Crippen LogP contribution in [0, 0.1) is 0 Å². The molecule has 0 aromatic carbocycles. The maximum atomic E-state index is 10.7. The third kappa shape index (κ3) is 6.58. The van der Waals surface area contributed by atoms with E-state index in [2.05, 4.69) is 0 Å². The molecule has 0 rings (SSSR count).